The van der Waals surface area contributed by atoms with Crippen molar-refractivity contribution in [2.75, 3.05) is 32.8 Å². The molecule has 0 aliphatic carbocycles. The molecule has 1 rings (SSSR count). The molecule has 0 radical (unpaired) electrons. The Hall–Kier alpha value is -1.96. The summed E-state index contributed by atoms with van der Waals surface area (Å²) in [5.74, 6) is 2.10. The molecule has 0 saturated carbocycles. The maximum absolute atomic E-state index is 11.3. The van der Waals surface area contributed by atoms with E-state index in [1.807, 2.05) is 32.0 Å². The number of guanidine groups is 1. The van der Waals surface area contributed by atoms with Crippen molar-refractivity contribution in [3.8, 4) is 11.5 Å². The Morgan fingerprint density at radius 1 is 1.28 bits per heavy atom. The first-order valence-corrected chi connectivity index (χ1v) is 10.3. The van der Waals surface area contributed by atoms with Gasteiger partial charge in [0, 0.05) is 24.4 Å². The highest BCUT2D eigenvalue weighted by molar-refractivity contribution is 7.90. The average Bonchev–Trinajstić information content (AvgIpc) is 2.56. The van der Waals surface area contributed by atoms with Crippen LogP contribution in [-0.4, -0.2) is 53.2 Å². The molecule has 0 saturated heterocycles. The summed E-state index contributed by atoms with van der Waals surface area (Å²) < 4.78 is 33.3. The fraction of sp³-hybridized carbons (Fsp3) is 0.588. The number of benzene rings is 1. The maximum Gasteiger partial charge on any atom is 0.191 e. The molecule has 7 nitrogen and oxygen atoms in total. The third kappa shape index (κ3) is 7.64. The average molecular weight is 372 g/mol. The number of ether oxygens (including phenoxy) is 2. The summed E-state index contributed by atoms with van der Waals surface area (Å²) in [6.07, 6.45) is 1.76. The highest BCUT2D eigenvalue weighted by atomic mass is 32.2. The van der Waals surface area contributed by atoms with Gasteiger partial charge in [0.15, 0.2) is 17.5 Å². The standard InChI is InChI=1S/C17H29N3O4S/c1-6-18-17(20-13(2)10-11-25(5,21)22)19-12-14-8-7-9-15(23-3)16(14)24-4/h7-9,13H,6,10-12H2,1-5H3,(H2,18,19,20). The molecule has 1 aromatic carbocycles. The fourth-order valence-electron chi connectivity index (χ4n) is 2.26. The number of nitrogens with zero attached hydrogens (tertiary/aromatic N) is 1. The molecule has 0 aromatic heterocycles. The van der Waals surface area contributed by atoms with Gasteiger partial charge in [0.05, 0.1) is 26.5 Å². The van der Waals surface area contributed by atoms with Gasteiger partial charge in [0.1, 0.15) is 9.84 Å². The van der Waals surface area contributed by atoms with Crippen LogP contribution in [0.2, 0.25) is 0 Å². The lowest BCUT2D eigenvalue weighted by Gasteiger charge is -2.18. The van der Waals surface area contributed by atoms with Gasteiger partial charge < -0.3 is 20.1 Å². The highest BCUT2D eigenvalue weighted by Gasteiger charge is 2.11. The van der Waals surface area contributed by atoms with Gasteiger partial charge >= 0.3 is 0 Å². The fourth-order valence-corrected chi connectivity index (χ4v) is 3.04. The lowest BCUT2D eigenvalue weighted by Crippen LogP contribution is -2.42. The molecule has 8 heteroatoms. The third-order valence-corrected chi connectivity index (χ3v) is 4.52. The van der Waals surface area contributed by atoms with Crippen molar-refractivity contribution in [3.05, 3.63) is 23.8 Å². The second kappa shape index (κ2) is 10.1. The van der Waals surface area contributed by atoms with E-state index in [-0.39, 0.29) is 11.8 Å². The lowest BCUT2D eigenvalue weighted by atomic mass is 10.2. The van der Waals surface area contributed by atoms with Crippen LogP contribution in [-0.2, 0) is 16.4 Å². The quantitative estimate of drug-likeness (QED) is 0.506. The number of sulfone groups is 1. The van der Waals surface area contributed by atoms with Crippen molar-refractivity contribution < 1.29 is 17.9 Å². The number of nitrogens with one attached hydrogen (secondary N) is 2. The molecule has 0 spiro atoms. The summed E-state index contributed by atoms with van der Waals surface area (Å²) in [5.41, 5.74) is 0.905. The molecular weight excluding hydrogens is 342 g/mol. The smallest absolute Gasteiger partial charge is 0.191 e. The molecule has 0 bridgehead atoms. The molecule has 142 valence electrons. The number of rotatable bonds is 9. The zero-order valence-corrected chi connectivity index (χ0v) is 16.4. The van der Waals surface area contributed by atoms with Gasteiger partial charge in [-0.2, -0.15) is 0 Å². The second-order valence-electron chi connectivity index (χ2n) is 5.81. The van der Waals surface area contributed by atoms with Gasteiger partial charge in [-0.05, 0) is 26.3 Å². The summed E-state index contributed by atoms with van der Waals surface area (Å²) in [4.78, 5) is 4.56. The van der Waals surface area contributed by atoms with Crippen molar-refractivity contribution in [1.82, 2.24) is 10.6 Å². The van der Waals surface area contributed by atoms with E-state index in [4.69, 9.17) is 9.47 Å². The van der Waals surface area contributed by atoms with Crippen molar-refractivity contribution in [3.63, 3.8) is 0 Å². The molecular formula is C17H29N3O4S. The van der Waals surface area contributed by atoms with Crippen LogP contribution in [0.25, 0.3) is 0 Å². The zero-order chi connectivity index (χ0) is 18.9. The first kappa shape index (κ1) is 21.1. The van der Waals surface area contributed by atoms with E-state index in [9.17, 15) is 8.42 Å². The summed E-state index contributed by atoms with van der Waals surface area (Å²) in [7, 11) is 0.226. The van der Waals surface area contributed by atoms with Crippen LogP contribution >= 0.6 is 0 Å². The molecule has 25 heavy (non-hydrogen) atoms. The van der Waals surface area contributed by atoms with Crippen molar-refractivity contribution in [2.24, 2.45) is 4.99 Å². The van der Waals surface area contributed by atoms with E-state index in [2.05, 4.69) is 15.6 Å². The van der Waals surface area contributed by atoms with Gasteiger partial charge in [-0.15, -0.1) is 0 Å². The molecule has 0 aliphatic heterocycles. The van der Waals surface area contributed by atoms with Crippen LogP contribution in [0.1, 0.15) is 25.8 Å². The Labute approximate surface area is 150 Å². The maximum atomic E-state index is 11.3. The molecule has 0 heterocycles. The van der Waals surface area contributed by atoms with E-state index in [0.29, 0.717) is 37.0 Å². The lowest BCUT2D eigenvalue weighted by molar-refractivity contribution is 0.352. The number of hydrogen-bond donors (Lipinski definition) is 2. The van der Waals surface area contributed by atoms with Crippen molar-refractivity contribution >= 4 is 15.8 Å². The van der Waals surface area contributed by atoms with Crippen LogP contribution in [0.3, 0.4) is 0 Å². The number of aliphatic imine (C=N–C) groups is 1. The van der Waals surface area contributed by atoms with Crippen LogP contribution < -0.4 is 20.1 Å². The minimum absolute atomic E-state index is 0.0141. The Bertz CT molecular complexity index is 674. The minimum Gasteiger partial charge on any atom is -0.493 e. The van der Waals surface area contributed by atoms with Gasteiger partial charge in [-0.1, -0.05) is 12.1 Å². The Morgan fingerprint density at radius 3 is 2.56 bits per heavy atom. The van der Waals surface area contributed by atoms with E-state index in [0.717, 1.165) is 5.56 Å². The van der Waals surface area contributed by atoms with Crippen LogP contribution in [0, 0.1) is 0 Å². The largest absolute Gasteiger partial charge is 0.493 e. The molecule has 2 N–H and O–H groups in total. The zero-order valence-electron chi connectivity index (χ0n) is 15.6. The molecule has 1 unspecified atom stereocenters. The predicted octanol–water partition coefficient (Wildman–Crippen LogP) is 1.58. The van der Waals surface area contributed by atoms with Gasteiger partial charge in [-0.3, -0.25) is 0 Å². The Kier molecular flexibility index (Phi) is 8.54. The molecule has 0 fully saturated rings. The Balaban J connectivity index is 2.82. The van der Waals surface area contributed by atoms with E-state index < -0.39 is 9.84 Å². The molecule has 0 amide bonds. The minimum atomic E-state index is -2.97. The monoisotopic (exact) mass is 371 g/mol. The van der Waals surface area contributed by atoms with Gasteiger partial charge in [0.2, 0.25) is 0 Å². The molecule has 0 aliphatic rings. The van der Waals surface area contributed by atoms with Crippen LogP contribution in [0.15, 0.2) is 23.2 Å². The third-order valence-electron chi connectivity index (χ3n) is 3.54. The number of hydrogen-bond acceptors (Lipinski definition) is 5. The van der Waals surface area contributed by atoms with Gasteiger partial charge in [-0.25, -0.2) is 13.4 Å². The summed E-state index contributed by atoms with van der Waals surface area (Å²) in [6.45, 7) is 5.03. The first-order valence-electron chi connectivity index (χ1n) is 8.23. The van der Waals surface area contributed by atoms with E-state index in [1.165, 1.54) is 6.26 Å². The summed E-state index contributed by atoms with van der Waals surface area (Å²) >= 11 is 0. The second-order valence-corrected chi connectivity index (χ2v) is 8.07. The molecule has 1 atom stereocenters. The topological polar surface area (TPSA) is 89.0 Å². The van der Waals surface area contributed by atoms with Crippen LogP contribution in [0.4, 0.5) is 0 Å². The van der Waals surface area contributed by atoms with Gasteiger partial charge in [0.25, 0.3) is 0 Å². The van der Waals surface area contributed by atoms with E-state index >= 15 is 0 Å². The van der Waals surface area contributed by atoms with Crippen molar-refractivity contribution in [2.45, 2.75) is 32.9 Å². The summed E-state index contributed by atoms with van der Waals surface area (Å²) in [6, 6.07) is 5.64. The normalized spacial score (nSPS) is 13.2. The SMILES string of the molecule is CCNC(=NCc1cccc(OC)c1OC)NC(C)CCS(C)(=O)=O. The van der Waals surface area contributed by atoms with E-state index in [1.54, 1.807) is 14.2 Å². The first-order chi connectivity index (χ1) is 11.8. The Morgan fingerprint density at radius 2 is 2.00 bits per heavy atom. The summed E-state index contributed by atoms with van der Waals surface area (Å²) in [5, 5.41) is 6.39. The molecule has 1 aromatic rings. The van der Waals surface area contributed by atoms with Crippen molar-refractivity contribution in [1.29, 1.82) is 0 Å². The number of para-hydroxylation sites is 1. The highest BCUT2D eigenvalue weighted by Crippen LogP contribution is 2.30. The number of methoxy groups -OCH3 is 2. The predicted molar refractivity (Wildman–Crippen MR) is 101 cm³/mol. The van der Waals surface area contributed by atoms with Crippen LogP contribution in [0.5, 0.6) is 11.5 Å².